The van der Waals surface area contributed by atoms with Gasteiger partial charge >= 0.3 is 5.97 Å². The molecule has 0 saturated carbocycles. The van der Waals surface area contributed by atoms with Gasteiger partial charge in [0.25, 0.3) is 0 Å². The molecule has 0 spiro atoms. The van der Waals surface area contributed by atoms with Crippen LogP contribution >= 0.6 is 24.0 Å². The van der Waals surface area contributed by atoms with Gasteiger partial charge in [-0.1, -0.05) is 44.5 Å². The van der Waals surface area contributed by atoms with Crippen molar-refractivity contribution in [3.05, 3.63) is 52.4 Å². The molecular weight excluding hydrogens is 541 g/mol. The highest BCUT2D eigenvalue weighted by molar-refractivity contribution is 6.30. The molecule has 1 amide bonds. The van der Waals surface area contributed by atoms with Crippen LogP contribution in [-0.4, -0.2) is 77.2 Å². The van der Waals surface area contributed by atoms with Crippen LogP contribution in [0, 0.1) is 0 Å². The van der Waals surface area contributed by atoms with Gasteiger partial charge in [-0.2, -0.15) is 0 Å². The van der Waals surface area contributed by atoms with Crippen LogP contribution in [0.1, 0.15) is 75.8 Å². The summed E-state index contributed by atoms with van der Waals surface area (Å²) in [5.74, 6) is 0.808. The molecule has 0 radical (unpaired) electrons. The van der Waals surface area contributed by atoms with Gasteiger partial charge in [0.2, 0.25) is 5.91 Å². The number of anilines is 1. The molecule has 216 valence electrons. The molecule has 1 aromatic carbocycles. The number of benzene rings is 1. The number of nitrogens with one attached hydrogen (secondary N) is 1. The number of piperazine rings is 1. The van der Waals surface area contributed by atoms with Gasteiger partial charge in [0.1, 0.15) is 12.1 Å². The van der Waals surface area contributed by atoms with E-state index in [0.29, 0.717) is 56.8 Å². The van der Waals surface area contributed by atoms with E-state index in [0.717, 1.165) is 22.6 Å². The van der Waals surface area contributed by atoms with E-state index in [1.165, 1.54) is 6.92 Å². The minimum atomic E-state index is -0.516. The van der Waals surface area contributed by atoms with Crippen LogP contribution in [0.4, 0.5) is 5.82 Å². The summed E-state index contributed by atoms with van der Waals surface area (Å²) in [6, 6.07) is 7.87. The zero-order valence-corrected chi connectivity index (χ0v) is 25.0. The molecule has 1 unspecified atom stereocenters. The fraction of sp³-hybridized carbons (Fsp3) is 0.571. The summed E-state index contributed by atoms with van der Waals surface area (Å²) in [5.41, 5.74) is 2.79. The minimum absolute atomic E-state index is 0. The van der Waals surface area contributed by atoms with Crippen LogP contribution in [0.3, 0.4) is 0 Å². The Morgan fingerprint density at radius 3 is 2.33 bits per heavy atom. The molecule has 1 fully saturated rings. The number of nitrogens with zero attached hydrogens (tertiary/aromatic N) is 4. The van der Waals surface area contributed by atoms with Crippen molar-refractivity contribution < 1.29 is 19.4 Å². The molecule has 2 N–H and O–H groups in total. The van der Waals surface area contributed by atoms with Crippen LogP contribution in [0.15, 0.2) is 30.6 Å². The van der Waals surface area contributed by atoms with Crippen molar-refractivity contribution in [2.45, 2.75) is 65.0 Å². The second-order valence-electron chi connectivity index (χ2n) is 10.1. The lowest BCUT2D eigenvalue weighted by molar-refractivity contribution is -0.140. The molecule has 1 aliphatic carbocycles. The zero-order chi connectivity index (χ0) is 27.8. The molecule has 9 nitrogen and oxygen atoms in total. The summed E-state index contributed by atoms with van der Waals surface area (Å²) in [5, 5.41) is 14.4. The number of fused-ring (bicyclic) bond motifs is 1. The lowest BCUT2D eigenvalue weighted by atomic mass is 9.96. The summed E-state index contributed by atoms with van der Waals surface area (Å²) in [4.78, 5) is 36.4. The average Bonchev–Trinajstić information content (AvgIpc) is 3.18. The molecule has 0 bridgehead atoms. The zero-order valence-electron chi connectivity index (χ0n) is 23.4. The normalized spacial score (nSPS) is 19.0. The van der Waals surface area contributed by atoms with Crippen LogP contribution in [-0.2, 0) is 14.3 Å². The highest BCUT2D eigenvalue weighted by atomic mass is 35.5. The molecule has 1 saturated heterocycles. The molecule has 2 aromatic rings. The average molecular weight is 583 g/mol. The Kier molecular flexibility index (Phi) is 12.9. The first-order chi connectivity index (χ1) is 18.1. The first-order valence-corrected chi connectivity index (χ1v) is 13.7. The van der Waals surface area contributed by atoms with Crippen LogP contribution in [0.25, 0.3) is 0 Å². The van der Waals surface area contributed by atoms with Gasteiger partial charge in [-0.25, -0.2) is 9.97 Å². The van der Waals surface area contributed by atoms with E-state index < -0.39 is 6.10 Å². The number of ether oxygens (including phenoxy) is 1. The molecule has 2 aliphatic rings. The molecule has 2 heterocycles. The van der Waals surface area contributed by atoms with Crippen molar-refractivity contribution in [2.24, 2.45) is 0 Å². The number of aromatic nitrogens is 2. The first kappa shape index (κ1) is 32.8. The summed E-state index contributed by atoms with van der Waals surface area (Å²) in [6.45, 7) is 13.2. The van der Waals surface area contributed by atoms with E-state index in [9.17, 15) is 14.7 Å². The van der Waals surface area contributed by atoms with E-state index in [2.05, 4.69) is 45.7 Å². The Bertz CT molecular complexity index is 1080. The molecule has 4 rings (SSSR count). The predicted molar refractivity (Wildman–Crippen MR) is 156 cm³/mol. The second kappa shape index (κ2) is 15.4. The number of carbonyl (C=O) groups is 2. The van der Waals surface area contributed by atoms with Gasteiger partial charge in [-0.05, 0) is 37.0 Å². The number of hydrogen-bond donors (Lipinski definition) is 2. The SMILES string of the molecule is CC(C)NCC(C(=O)N1CCN(c2ncnc3c2[C@H](C)C[C@H]3O)CC1)c1ccc(Cl)cc1.CCOC(C)=O.Cl. The molecule has 3 atom stereocenters. The number of rotatable bonds is 7. The third kappa shape index (κ3) is 8.76. The predicted octanol–water partition coefficient (Wildman–Crippen LogP) is 4.09. The fourth-order valence-electron chi connectivity index (χ4n) is 4.91. The van der Waals surface area contributed by atoms with E-state index in [-0.39, 0.29) is 36.1 Å². The Morgan fingerprint density at radius 1 is 1.15 bits per heavy atom. The number of aliphatic hydroxyl groups is 1. The second-order valence-corrected chi connectivity index (χ2v) is 10.5. The Morgan fingerprint density at radius 2 is 1.79 bits per heavy atom. The summed E-state index contributed by atoms with van der Waals surface area (Å²) < 4.78 is 4.40. The molecular formula is C28H41Cl2N5O4. The Labute approximate surface area is 242 Å². The third-order valence-electron chi connectivity index (χ3n) is 6.82. The summed E-state index contributed by atoms with van der Waals surface area (Å²) in [7, 11) is 0. The van der Waals surface area contributed by atoms with Gasteiger partial charge in [0.05, 0.1) is 24.3 Å². The standard InChI is InChI=1S/C24H32ClN5O2.C4H8O2.ClH/c1-15(2)26-13-19(17-4-6-18(25)7-5-17)24(32)30-10-8-29(9-11-30)23-21-16(3)12-20(31)22(21)27-14-28-23;1-3-6-4(2)5;/h4-7,14-16,19-20,26,31H,8-13H2,1-3H3;3H2,1-2H3;1H/t16-,19?,20-;;/m1../s1. The van der Waals surface area contributed by atoms with E-state index in [1.807, 2.05) is 29.2 Å². The number of aliphatic hydroxyl groups excluding tert-OH is 1. The molecule has 39 heavy (non-hydrogen) atoms. The van der Waals surface area contributed by atoms with Gasteiger partial charge in [-0.3, -0.25) is 9.59 Å². The van der Waals surface area contributed by atoms with Crippen molar-refractivity contribution in [1.29, 1.82) is 0 Å². The van der Waals surface area contributed by atoms with E-state index in [1.54, 1.807) is 13.3 Å². The maximum Gasteiger partial charge on any atom is 0.302 e. The highest BCUT2D eigenvalue weighted by Crippen LogP contribution is 2.42. The van der Waals surface area contributed by atoms with Gasteiger partial charge in [0, 0.05) is 56.3 Å². The molecule has 1 aromatic heterocycles. The van der Waals surface area contributed by atoms with Crippen LogP contribution in [0.2, 0.25) is 5.02 Å². The molecule has 11 heteroatoms. The van der Waals surface area contributed by atoms with Gasteiger partial charge < -0.3 is 25.0 Å². The lowest BCUT2D eigenvalue weighted by Crippen LogP contribution is -2.51. The van der Waals surface area contributed by atoms with Crippen LogP contribution < -0.4 is 10.2 Å². The van der Waals surface area contributed by atoms with Crippen molar-refractivity contribution >= 4 is 41.7 Å². The largest absolute Gasteiger partial charge is 0.466 e. The van der Waals surface area contributed by atoms with E-state index in [4.69, 9.17) is 11.6 Å². The van der Waals surface area contributed by atoms with Crippen molar-refractivity contribution in [1.82, 2.24) is 20.2 Å². The van der Waals surface area contributed by atoms with Gasteiger partial charge in [0.15, 0.2) is 0 Å². The summed E-state index contributed by atoms with van der Waals surface area (Å²) >= 11 is 6.06. The number of carbonyl (C=O) groups excluding carboxylic acids is 2. The Hall–Kier alpha value is -2.46. The number of amides is 1. The smallest absolute Gasteiger partial charge is 0.302 e. The topological polar surface area (TPSA) is 108 Å². The first-order valence-electron chi connectivity index (χ1n) is 13.3. The maximum atomic E-state index is 13.5. The number of hydrogen-bond acceptors (Lipinski definition) is 8. The molecule has 1 aliphatic heterocycles. The van der Waals surface area contributed by atoms with E-state index >= 15 is 0 Å². The highest BCUT2D eigenvalue weighted by Gasteiger charge is 2.35. The van der Waals surface area contributed by atoms with Gasteiger partial charge in [-0.15, -0.1) is 12.4 Å². The number of esters is 1. The third-order valence-corrected chi connectivity index (χ3v) is 7.07. The maximum absolute atomic E-state index is 13.5. The lowest BCUT2D eigenvalue weighted by Gasteiger charge is -2.38. The van der Waals surface area contributed by atoms with Crippen molar-refractivity contribution in [3.8, 4) is 0 Å². The van der Waals surface area contributed by atoms with Crippen molar-refractivity contribution in [3.63, 3.8) is 0 Å². The van der Waals surface area contributed by atoms with Crippen molar-refractivity contribution in [2.75, 3.05) is 44.2 Å². The monoisotopic (exact) mass is 581 g/mol. The minimum Gasteiger partial charge on any atom is -0.466 e. The quantitative estimate of drug-likeness (QED) is 0.471. The fourth-order valence-corrected chi connectivity index (χ4v) is 5.04. The number of halogens is 2. The van der Waals surface area contributed by atoms with Crippen LogP contribution in [0.5, 0.6) is 0 Å². The summed E-state index contributed by atoms with van der Waals surface area (Å²) in [6.07, 6.45) is 1.71. The Balaban J connectivity index is 0.000000687.